The molecule has 0 aliphatic heterocycles. The summed E-state index contributed by atoms with van der Waals surface area (Å²) < 4.78 is 0. The standard InChI is InChI=1S/3BH4.Na.Pd/h3*1H4;;/q3*-1;+1;+2. The summed E-state index contributed by atoms with van der Waals surface area (Å²) in [5.74, 6) is 0. The second kappa shape index (κ2) is 40.1. The van der Waals surface area contributed by atoms with Crippen LogP contribution in [-0.2, 0) is 20.4 Å². The van der Waals surface area contributed by atoms with Gasteiger partial charge in [-0.15, -0.1) is 0 Å². The Labute approximate surface area is 74.5 Å². The minimum Gasteiger partial charge on any atom is -0.0626 e. The van der Waals surface area contributed by atoms with Gasteiger partial charge in [0.1, 0.15) is 0 Å². The van der Waals surface area contributed by atoms with Gasteiger partial charge in [0.25, 0.3) is 0 Å². The third-order valence-corrected chi connectivity index (χ3v) is 0. The van der Waals surface area contributed by atoms with Crippen molar-refractivity contribution in [2.75, 3.05) is 0 Å². The van der Waals surface area contributed by atoms with Crippen molar-refractivity contribution in [1.29, 1.82) is 0 Å². The fourth-order valence-electron chi connectivity index (χ4n) is 0. The third kappa shape index (κ3) is 25.3. The van der Waals surface area contributed by atoms with Gasteiger partial charge in [0.2, 0.25) is 0 Å². The molecule has 0 aliphatic carbocycles. The summed E-state index contributed by atoms with van der Waals surface area (Å²) in [5.41, 5.74) is 0. The summed E-state index contributed by atoms with van der Waals surface area (Å²) in [6.45, 7) is 0. The van der Waals surface area contributed by atoms with Gasteiger partial charge in [-0.2, -0.15) is 0 Å². The molecule has 0 saturated heterocycles. The molecule has 5 heteroatoms. The van der Waals surface area contributed by atoms with E-state index in [0.29, 0.717) is 0 Å². The van der Waals surface area contributed by atoms with Crippen LogP contribution in [-0.4, -0.2) is 25.2 Å². The summed E-state index contributed by atoms with van der Waals surface area (Å²) in [7, 11) is 0. The van der Waals surface area contributed by atoms with E-state index >= 15 is 0 Å². The van der Waals surface area contributed by atoms with Crippen LogP contribution in [0.25, 0.3) is 0 Å². The molecule has 0 amide bonds. The molecule has 0 spiro atoms. The smallest absolute Gasteiger partial charge is 0.0626 e. The van der Waals surface area contributed by atoms with Crippen LogP contribution in [0.5, 0.6) is 0 Å². The predicted molar refractivity (Wildman–Crippen MR) is 34.0 cm³/mol. The van der Waals surface area contributed by atoms with E-state index in [4.69, 9.17) is 0 Å². The van der Waals surface area contributed by atoms with Crippen LogP contribution in [0.3, 0.4) is 0 Å². The molecule has 0 bridgehead atoms. The van der Waals surface area contributed by atoms with Gasteiger partial charge in [-0.05, 0) is 0 Å². The first-order chi connectivity index (χ1) is 0. The molecule has 0 fully saturated rings. The maximum atomic E-state index is 0. The van der Waals surface area contributed by atoms with Gasteiger partial charge >= 0.3 is 50.0 Å². The molecule has 0 aliphatic rings. The van der Waals surface area contributed by atoms with Crippen LogP contribution in [0.1, 0.15) is 0 Å². The van der Waals surface area contributed by atoms with Crippen LogP contribution in [0.2, 0.25) is 0 Å². The van der Waals surface area contributed by atoms with Crippen molar-refractivity contribution < 1.29 is 50.0 Å². The first kappa shape index (κ1) is 68.2. The molecule has 0 nitrogen and oxygen atoms in total. The molecule has 0 saturated carbocycles. The molecule has 0 aromatic heterocycles. The zero-order valence-corrected chi connectivity index (χ0v) is 4.87. The van der Waals surface area contributed by atoms with Crippen molar-refractivity contribution in [2.45, 2.75) is 0 Å². The number of hydrogen-bond acceptors (Lipinski definition) is 0. The van der Waals surface area contributed by atoms with Crippen LogP contribution >= 0.6 is 0 Å². The van der Waals surface area contributed by atoms with E-state index in [9.17, 15) is 0 Å². The van der Waals surface area contributed by atoms with E-state index in [0.717, 1.165) is 0 Å². The number of rotatable bonds is 0. The molecule has 0 heterocycles. The molecule has 0 aromatic carbocycles. The van der Waals surface area contributed by atoms with Gasteiger partial charge in [-0.3, -0.25) is 0 Å². The molecule has 0 aromatic rings. The fourth-order valence-corrected chi connectivity index (χ4v) is 0. The van der Waals surface area contributed by atoms with Crippen LogP contribution < -0.4 is 29.6 Å². The Kier molecular flexibility index (Phi) is 547. The Morgan fingerprint density at radius 2 is 0.600 bits per heavy atom. The monoisotopic (exact) mass is 174 g/mol. The Morgan fingerprint density at radius 1 is 0.600 bits per heavy atom. The van der Waals surface area contributed by atoms with Crippen LogP contribution in [0, 0.1) is 0 Å². The zero-order valence-electron chi connectivity index (χ0n) is 1.32. The van der Waals surface area contributed by atoms with E-state index in [1.807, 2.05) is 0 Å². The maximum absolute atomic E-state index is 0. The molecule has 32 valence electrons. The van der Waals surface area contributed by atoms with Gasteiger partial charge in [-0.1, -0.05) is 25.2 Å². The maximum Gasteiger partial charge on any atom is 2.00 e. The van der Waals surface area contributed by atoms with Crippen LogP contribution in [0.15, 0.2) is 0 Å². The molecule has 0 rings (SSSR count). The Bertz CT molecular complexity index is 6.85. The minimum absolute atomic E-state index is 0. The largest absolute Gasteiger partial charge is 2.00 e. The number of hydrogen-bond donors (Lipinski definition) is 0. The Balaban J connectivity index is 0. The van der Waals surface area contributed by atoms with Gasteiger partial charge in [0, 0.05) is 0 Å². The summed E-state index contributed by atoms with van der Waals surface area (Å²) in [6.07, 6.45) is 0. The summed E-state index contributed by atoms with van der Waals surface area (Å²) in [4.78, 5) is 0. The van der Waals surface area contributed by atoms with E-state index in [-0.39, 0.29) is 75.2 Å². The van der Waals surface area contributed by atoms with Crippen molar-refractivity contribution >= 4 is 25.2 Å². The average molecular weight is 174 g/mol. The molecule has 0 radical (unpaired) electrons. The third-order valence-electron chi connectivity index (χ3n) is 0. The summed E-state index contributed by atoms with van der Waals surface area (Å²) in [6, 6.07) is 0. The second-order valence-corrected chi connectivity index (χ2v) is 0. The Hall–Kier alpha value is 1.86. The molecule has 0 unspecified atom stereocenters. The van der Waals surface area contributed by atoms with Gasteiger partial charge in [0.05, 0.1) is 0 Å². The van der Waals surface area contributed by atoms with E-state index < -0.39 is 0 Å². The van der Waals surface area contributed by atoms with Gasteiger partial charge < -0.3 is 0 Å². The van der Waals surface area contributed by atoms with Crippen LogP contribution in [0.4, 0.5) is 0 Å². The Morgan fingerprint density at radius 3 is 0.600 bits per heavy atom. The summed E-state index contributed by atoms with van der Waals surface area (Å²) >= 11 is 0. The molecular formula is H12B3NaPd. The molecule has 0 atom stereocenters. The molecule has 0 N–H and O–H groups in total. The first-order valence-electron chi connectivity index (χ1n) is 0. The minimum atomic E-state index is 0. The summed E-state index contributed by atoms with van der Waals surface area (Å²) in [5, 5.41) is 0. The van der Waals surface area contributed by atoms with E-state index in [2.05, 4.69) is 0 Å². The quantitative estimate of drug-likeness (QED) is 0.320. The molecular weight excluding hydrogens is 162 g/mol. The van der Waals surface area contributed by atoms with E-state index in [1.54, 1.807) is 0 Å². The SMILES string of the molecule is [BH4-].[BH4-].[BH4-].[Na+].[Pd+2]. The molecule has 5 heavy (non-hydrogen) atoms. The van der Waals surface area contributed by atoms with Crippen molar-refractivity contribution in [3.63, 3.8) is 0 Å². The fraction of sp³-hybridized carbons (Fsp3) is 0. The van der Waals surface area contributed by atoms with Crippen molar-refractivity contribution in [2.24, 2.45) is 0 Å². The topological polar surface area (TPSA) is 0 Å². The average Bonchev–Trinajstić information content (AvgIpc) is 0. The van der Waals surface area contributed by atoms with Crippen molar-refractivity contribution in [3.8, 4) is 0 Å². The zero-order chi connectivity index (χ0) is 0. The second-order valence-electron chi connectivity index (χ2n) is 0. The predicted octanol–water partition coefficient (Wildman–Crippen LogP) is -7.35. The first-order valence-corrected chi connectivity index (χ1v) is 0. The van der Waals surface area contributed by atoms with E-state index in [1.165, 1.54) is 0 Å². The van der Waals surface area contributed by atoms with Crippen molar-refractivity contribution in [1.82, 2.24) is 0 Å². The normalized spacial score (nSPS) is 0. The van der Waals surface area contributed by atoms with Crippen molar-refractivity contribution in [3.05, 3.63) is 0 Å². The van der Waals surface area contributed by atoms with Gasteiger partial charge in [0.15, 0.2) is 0 Å². The van der Waals surface area contributed by atoms with Gasteiger partial charge in [-0.25, -0.2) is 0 Å².